The van der Waals surface area contributed by atoms with Crippen LogP contribution in [0, 0.1) is 5.92 Å². The van der Waals surface area contributed by atoms with E-state index in [2.05, 4.69) is 0 Å². The largest absolute Gasteiger partial charge is 0.439 e. The van der Waals surface area contributed by atoms with E-state index in [0.29, 0.717) is 25.9 Å². The summed E-state index contributed by atoms with van der Waals surface area (Å²) in [6, 6.07) is -0.101. The van der Waals surface area contributed by atoms with Gasteiger partial charge in [0.1, 0.15) is 0 Å². The Morgan fingerprint density at radius 1 is 1.11 bits per heavy atom. The van der Waals surface area contributed by atoms with Gasteiger partial charge in [-0.3, -0.25) is 9.59 Å². The van der Waals surface area contributed by atoms with E-state index in [-0.39, 0.29) is 30.4 Å². The average Bonchev–Trinajstić information content (AvgIpc) is 3.16. The van der Waals surface area contributed by atoms with E-state index in [1.54, 1.807) is 0 Å². The van der Waals surface area contributed by atoms with Crippen molar-refractivity contribution in [1.29, 1.82) is 0 Å². The molecule has 1 aliphatic carbocycles. The number of rotatable bonds is 2. The van der Waals surface area contributed by atoms with Gasteiger partial charge in [-0.1, -0.05) is 0 Å². The summed E-state index contributed by atoms with van der Waals surface area (Å²) in [6.07, 6.45) is 2.82. The number of nitrogens with zero attached hydrogens (tertiary/aromatic N) is 2. The van der Waals surface area contributed by atoms with Crippen molar-refractivity contribution in [3.05, 3.63) is 0 Å². The number of carbonyl (C=O) groups is 3. The van der Waals surface area contributed by atoms with Crippen LogP contribution in [0.15, 0.2) is 0 Å². The number of imide groups is 1. The summed E-state index contributed by atoms with van der Waals surface area (Å²) >= 11 is 0. The van der Waals surface area contributed by atoms with Crippen molar-refractivity contribution in [1.82, 2.24) is 9.80 Å². The zero-order valence-electron chi connectivity index (χ0n) is 10.1. The summed E-state index contributed by atoms with van der Waals surface area (Å²) in [6.45, 7) is 1.13. The Balaban J connectivity index is 1.57. The van der Waals surface area contributed by atoms with Crippen LogP contribution in [0.25, 0.3) is 0 Å². The Morgan fingerprint density at radius 3 is 2.28 bits per heavy atom. The smallest absolute Gasteiger partial charge is 0.417 e. The van der Waals surface area contributed by atoms with Crippen molar-refractivity contribution in [2.75, 3.05) is 19.7 Å². The molecule has 2 aliphatic heterocycles. The van der Waals surface area contributed by atoms with Gasteiger partial charge in [-0.25, -0.2) is 9.69 Å². The Labute approximate surface area is 105 Å². The van der Waals surface area contributed by atoms with E-state index < -0.39 is 6.09 Å². The van der Waals surface area contributed by atoms with Gasteiger partial charge >= 0.3 is 6.09 Å². The van der Waals surface area contributed by atoms with E-state index in [9.17, 15) is 14.4 Å². The molecule has 6 nitrogen and oxygen atoms in total. The predicted octanol–water partition coefficient (Wildman–Crippen LogP) is 0.366. The van der Waals surface area contributed by atoms with Crippen LogP contribution in [0.4, 0.5) is 4.79 Å². The summed E-state index contributed by atoms with van der Waals surface area (Å²) < 4.78 is 4.71. The molecular formula is C12H16N2O4. The van der Waals surface area contributed by atoms with Crippen molar-refractivity contribution in [3.63, 3.8) is 0 Å². The average molecular weight is 252 g/mol. The Bertz CT molecular complexity index is 381. The minimum Gasteiger partial charge on any atom is -0.439 e. The third-order valence-corrected chi connectivity index (χ3v) is 3.85. The molecule has 0 aromatic heterocycles. The lowest BCUT2D eigenvalue weighted by Gasteiger charge is -2.34. The first-order valence-corrected chi connectivity index (χ1v) is 6.44. The maximum atomic E-state index is 11.9. The van der Waals surface area contributed by atoms with Crippen LogP contribution in [0.1, 0.15) is 25.7 Å². The van der Waals surface area contributed by atoms with Gasteiger partial charge in [0, 0.05) is 25.0 Å². The number of piperidine rings is 1. The molecule has 3 fully saturated rings. The number of hydrogen-bond acceptors (Lipinski definition) is 4. The number of likely N-dealkylation sites (tertiary alicyclic amines) is 1. The number of carbonyl (C=O) groups excluding carboxylic acids is 3. The molecular weight excluding hydrogens is 236 g/mol. The van der Waals surface area contributed by atoms with Crippen molar-refractivity contribution in [2.45, 2.75) is 31.7 Å². The van der Waals surface area contributed by atoms with Crippen molar-refractivity contribution < 1.29 is 19.1 Å². The normalized spacial score (nSPS) is 25.6. The van der Waals surface area contributed by atoms with E-state index in [1.165, 1.54) is 4.90 Å². The summed E-state index contributed by atoms with van der Waals surface area (Å²) in [5.74, 6) is 0.218. The molecule has 0 spiro atoms. The minimum atomic E-state index is -0.535. The van der Waals surface area contributed by atoms with E-state index in [0.717, 1.165) is 12.8 Å². The molecule has 0 unspecified atom stereocenters. The van der Waals surface area contributed by atoms with Gasteiger partial charge in [-0.2, -0.15) is 0 Å². The first kappa shape index (κ1) is 11.5. The van der Waals surface area contributed by atoms with Crippen LogP contribution in [-0.4, -0.2) is 53.4 Å². The molecule has 98 valence electrons. The molecule has 2 heterocycles. The second-order valence-corrected chi connectivity index (χ2v) is 5.15. The SMILES string of the molecule is O=C(C1CC1)N1CCC(N2C(=O)COC2=O)CC1. The second-order valence-electron chi connectivity index (χ2n) is 5.15. The van der Waals surface area contributed by atoms with E-state index in [1.807, 2.05) is 4.90 Å². The quantitative estimate of drug-likeness (QED) is 0.712. The maximum Gasteiger partial charge on any atom is 0.417 e. The first-order valence-electron chi connectivity index (χ1n) is 6.44. The van der Waals surface area contributed by atoms with E-state index >= 15 is 0 Å². The molecule has 0 atom stereocenters. The fourth-order valence-corrected chi connectivity index (χ4v) is 2.65. The van der Waals surface area contributed by atoms with Crippen LogP contribution in [0.2, 0.25) is 0 Å². The fourth-order valence-electron chi connectivity index (χ4n) is 2.65. The maximum absolute atomic E-state index is 11.9. The van der Waals surface area contributed by atoms with Crippen LogP contribution < -0.4 is 0 Å². The Morgan fingerprint density at radius 2 is 1.78 bits per heavy atom. The second kappa shape index (κ2) is 4.26. The molecule has 1 saturated carbocycles. The number of amides is 3. The van der Waals surface area contributed by atoms with Crippen molar-refractivity contribution in [2.24, 2.45) is 5.92 Å². The summed E-state index contributed by atoms with van der Waals surface area (Å²) in [5, 5.41) is 0. The number of hydrogen-bond donors (Lipinski definition) is 0. The zero-order chi connectivity index (χ0) is 12.7. The van der Waals surface area contributed by atoms with Crippen LogP contribution in [0.3, 0.4) is 0 Å². The molecule has 0 aromatic carbocycles. The Kier molecular flexibility index (Phi) is 2.72. The van der Waals surface area contributed by atoms with Crippen molar-refractivity contribution in [3.8, 4) is 0 Å². The van der Waals surface area contributed by atoms with Crippen LogP contribution in [0.5, 0.6) is 0 Å². The third-order valence-electron chi connectivity index (χ3n) is 3.85. The molecule has 0 bridgehead atoms. The van der Waals surface area contributed by atoms with E-state index in [4.69, 9.17) is 4.74 Å². The fraction of sp³-hybridized carbons (Fsp3) is 0.750. The molecule has 0 radical (unpaired) electrons. The molecule has 3 rings (SSSR count). The van der Waals surface area contributed by atoms with Crippen LogP contribution >= 0.6 is 0 Å². The topological polar surface area (TPSA) is 66.9 Å². The van der Waals surface area contributed by atoms with Gasteiger partial charge in [-0.15, -0.1) is 0 Å². The highest BCUT2D eigenvalue weighted by Crippen LogP contribution is 2.32. The monoisotopic (exact) mass is 252 g/mol. The third kappa shape index (κ3) is 1.95. The molecule has 0 N–H and O–H groups in total. The number of cyclic esters (lactones) is 1. The molecule has 0 aromatic rings. The lowest BCUT2D eigenvalue weighted by Crippen LogP contribution is -2.48. The highest BCUT2D eigenvalue weighted by atomic mass is 16.6. The lowest BCUT2D eigenvalue weighted by atomic mass is 10.0. The minimum absolute atomic E-state index is 0.101. The molecule has 2 saturated heterocycles. The molecule has 18 heavy (non-hydrogen) atoms. The Hall–Kier alpha value is -1.59. The van der Waals surface area contributed by atoms with Gasteiger partial charge in [-0.05, 0) is 25.7 Å². The van der Waals surface area contributed by atoms with Gasteiger partial charge < -0.3 is 9.64 Å². The summed E-state index contributed by atoms with van der Waals surface area (Å²) in [4.78, 5) is 37.9. The summed E-state index contributed by atoms with van der Waals surface area (Å²) in [5.41, 5.74) is 0. The van der Waals surface area contributed by atoms with Gasteiger partial charge in [0.05, 0.1) is 0 Å². The van der Waals surface area contributed by atoms with Crippen LogP contribution in [-0.2, 0) is 14.3 Å². The molecule has 3 aliphatic rings. The lowest BCUT2D eigenvalue weighted by molar-refractivity contribution is -0.134. The van der Waals surface area contributed by atoms with Gasteiger partial charge in [0.2, 0.25) is 5.91 Å². The predicted molar refractivity (Wildman–Crippen MR) is 60.5 cm³/mol. The van der Waals surface area contributed by atoms with Gasteiger partial charge in [0.15, 0.2) is 6.61 Å². The number of ether oxygens (including phenoxy) is 1. The zero-order valence-corrected chi connectivity index (χ0v) is 10.1. The molecule has 6 heteroatoms. The first-order chi connectivity index (χ1) is 8.66. The standard InChI is InChI=1S/C12H16N2O4/c15-10-7-18-12(17)14(10)9-3-5-13(6-4-9)11(16)8-1-2-8/h8-9H,1-7H2. The van der Waals surface area contributed by atoms with Crippen molar-refractivity contribution >= 4 is 17.9 Å². The molecule has 3 amide bonds. The van der Waals surface area contributed by atoms with Gasteiger partial charge in [0.25, 0.3) is 5.91 Å². The highest BCUT2D eigenvalue weighted by Gasteiger charge is 2.40. The highest BCUT2D eigenvalue weighted by molar-refractivity contribution is 5.98. The summed E-state index contributed by atoms with van der Waals surface area (Å²) in [7, 11) is 0.